The number of hydrogen-bond donors (Lipinski definition) is 1. The molecule has 0 bridgehead atoms. The Morgan fingerprint density at radius 1 is 1.35 bits per heavy atom. The summed E-state index contributed by atoms with van der Waals surface area (Å²) in [4.78, 5) is 14.9. The highest BCUT2D eigenvalue weighted by atomic mass is 16.5. The molecule has 0 spiro atoms. The first-order valence-electron chi connectivity index (χ1n) is 9.52. The van der Waals surface area contributed by atoms with Crippen LogP contribution < -0.4 is 5.32 Å². The van der Waals surface area contributed by atoms with Gasteiger partial charge in [-0.3, -0.25) is 10.2 Å². The lowest BCUT2D eigenvalue weighted by Crippen LogP contribution is -2.79. The average Bonchev–Trinajstić information content (AvgIpc) is 3.06. The van der Waals surface area contributed by atoms with Crippen molar-refractivity contribution in [2.45, 2.75) is 31.9 Å². The number of benzene rings is 1. The summed E-state index contributed by atoms with van der Waals surface area (Å²) in [5.74, 6) is 0.303. The molecule has 4 heterocycles. The molecular weight excluding hydrogens is 328 g/mol. The summed E-state index contributed by atoms with van der Waals surface area (Å²) in [5.41, 5.74) is 6.40. The minimum Gasteiger partial charge on any atom is -0.497 e. The average molecular weight is 353 g/mol. The van der Waals surface area contributed by atoms with Crippen molar-refractivity contribution in [3.8, 4) is 0 Å². The standard InChI is InChI=1S/C21H24N2O3/c1-12-16-10-23-8-7-14-13-5-3-4-6-18(13)22-20(14)19(23)9-15(16)17(11-26-12)21(24)25-2/h3-6,11-12,15-16,19,22H,7-10H2,1-2H3/p+1/t12-,15?,16?,19?/m0/s1. The molecule has 0 amide bonds. The predicted molar refractivity (Wildman–Crippen MR) is 97.2 cm³/mol. The number of para-hydroxylation sites is 1. The quantitative estimate of drug-likeness (QED) is 0.618. The van der Waals surface area contributed by atoms with Gasteiger partial charge < -0.3 is 9.47 Å². The summed E-state index contributed by atoms with van der Waals surface area (Å²) in [7, 11) is 1.45. The molecule has 0 aromatic heterocycles. The second-order valence-corrected chi connectivity index (χ2v) is 7.84. The van der Waals surface area contributed by atoms with Crippen LogP contribution in [0.2, 0.25) is 0 Å². The van der Waals surface area contributed by atoms with Gasteiger partial charge in [-0.1, -0.05) is 12.1 Å². The molecule has 2 N–H and O–H groups in total. The molecule has 5 heteroatoms. The molecule has 26 heavy (non-hydrogen) atoms. The number of esters is 1. The van der Waals surface area contributed by atoms with E-state index in [4.69, 9.17) is 9.47 Å². The first kappa shape index (κ1) is 16.1. The summed E-state index contributed by atoms with van der Waals surface area (Å²) in [5, 5.41) is 2.37. The van der Waals surface area contributed by atoms with Gasteiger partial charge in [-0.05, 0) is 25.8 Å². The smallest absolute Gasteiger partial charge is 0.337 e. The first-order chi connectivity index (χ1) is 12.7. The highest BCUT2D eigenvalue weighted by Crippen LogP contribution is 2.45. The number of hydrogen-bond acceptors (Lipinski definition) is 4. The van der Waals surface area contributed by atoms with E-state index in [0.29, 0.717) is 17.5 Å². The minimum absolute atomic E-state index is 0.134. The number of rotatable bonds is 1. The topological polar surface area (TPSA) is 55.4 Å². The predicted octanol–water partition coefficient (Wildman–Crippen LogP) is 1.79. The SMILES string of the molecule is COC(=O)C1=CO[C@@H](C)C2CN3CCC4=C([NH2+]c5ccccc54)C3CC12. The van der Waals surface area contributed by atoms with Crippen molar-refractivity contribution in [2.75, 3.05) is 20.2 Å². The Bertz CT molecular complexity index is 828. The van der Waals surface area contributed by atoms with Crippen LogP contribution >= 0.6 is 0 Å². The van der Waals surface area contributed by atoms with Crippen LogP contribution in [0.3, 0.4) is 0 Å². The van der Waals surface area contributed by atoms with Crippen LogP contribution in [0.25, 0.3) is 5.57 Å². The Balaban J connectivity index is 1.50. The summed E-state index contributed by atoms with van der Waals surface area (Å²) < 4.78 is 10.8. The first-order valence-corrected chi connectivity index (χ1v) is 9.52. The van der Waals surface area contributed by atoms with E-state index in [1.807, 2.05) is 0 Å². The van der Waals surface area contributed by atoms with Crippen LogP contribution in [-0.2, 0) is 14.3 Å². The third-order valence-electron chi connectivity index (χ3n) is 6.67. The molecule has 1 aromatic rings. The number of nitrogens with two attached hydrogens (primary N) is 1. The Hall–Kier alpha value is -2.11. The van der Waals surface area contributed by atoms with E-state index in [9.17, 15) is 4.79 Å². The van der Waals surface area contributed by atoms with Gasteiger partial charge in [0.25, 0.3) is 0 Å². The molecule has 0 saturated carbocycles. The van der Waals surface area contributed by atoms with E-state index in [1.165, 1.54) is 29.6 Å². The normalized spacial score (nSPS) is 32.6. The molecule has 0 radical (unpaired) electrons. The fraction of sp³-hybridized carbons (Fsp3) is 0.476. The lowest BCUT2D eigenvalue weighted by atomic mass is 9.72. The van der Waals surface area contributed by atoms with Crippen LogP contribution in [0.15, 0.2) is 41.8 Å². The van der Waals surface area contributed by atoms with Crippen molar-refractivity contribution in [3.05, 3.63) is 47.4 Å². The van der Waals surface area contributed by atoms with Crippen LogP contribution in [0.5, 0.6) is 0 Å². The lowest BCUT2D eigenvalue weighted by molar-refractivity contribution is -0.521. The van der Waals surface area contributed by atoms with E-state index in [2.05, 4.69) is 41.4 Å². The highest BCUT2D eigenvalue weighted by molar-refractivity contribution is 5.89. The van der Waals surface area contributed by atoms with Crippen molar-refractivity contribution in [3.63, 3.8) is 0 Å². The van der Waals surface area contributed by atoms with Gasteiger partial charge in [0, 0.05) is 42.1 Å². The zero-order valence-electron chi connectivity index (χ0n) is 15.3. The fourth-order valence-corrected chi connectivity index (χ4v) is 5.32. The van der Waals surface area contributed by atoms with E-state index >= 15 is 0 Å². The number of fused-ring (bicyclic) bond motifs is 5. The van der Waals surface area contributed by atoms with Crippen LogP contribution in [0.1, 0.15) is 25.3 Å². The van der Waals surface area contributed by atoms with Crippen molar-refractivity contribution < 1.29 is 19.6 Å². The molecule has 4 aliphatic heterocycles. The zero-order valence-corrected chi connectivity index (χ0v) is 15.3. The van der Waals surface area contributed by atoms with Gasteiger partial charge in [0.1, 0.15) is 11.4 Å². The Kier molecular flexibility index (Phi) is 3.69. The van der Waals surface area contributed by atoms with Crippen LogP contribution in [0, 0.1) is 11.8 Å². The van der Waals surface area contributed by atoms with Crippen molar-refractivity contribution in [2.24, 2.45) is 11.8 Å². The van der Waals surface area contributed by atoms with Crippen molar-refractivity contribution >= 4 is 17.2 Å². The van der Waals surface area contributed by atoms with Gasteiger partial charge in [0.05, 0.1) is 31.1 Å². The Morgan fingerprint density at radius 3 is 3.04 bits per heavy atom. The van der Waals surface area contributed by atoms with Gasteiger partial charge >= 0.3 is 5.97 Å². The third-order valence-corrected chi connectivity index (χ3v) is 6.67. The summed E-state index contributed by atoms with van der Waals surface area (Å²) in [6.07, 6.45) is 3.85. The van der Waals surface area contributed by atoms with Gasteiger partial charge in [0.15, 0.2) is 0 Å². The molecule has 5 rings (SSSR count). The molecule has 4 atom stereocenters. The second-order valence-electron chi connectivity index (χ2n) is 7.84. The van der Waals surface area contributed by atoms with Gasteiger partial charge in [-0.15, -0.1) is 0 Å². The third kappa shape index (κ3) is 2.27. The highest BCUT2D eigenvalue weighted by Gasteiger charge is 2.49. The van der Waals surface area contributed by atoms with Crippen LogP contribution in [0.4, 0.5) is 5.69 Å². The van der Waals surface area contributed by atoms with E-state index in [-0.39, 0.29) is 18.0 Å². The molecule has 0 aliphatic carbocycles. The van der Waals surface area contributed by atoms with E-state index in [1.54, 1.807) is 6.26 Å². The molecule has 1 aromatic carbocycles. The summed E-state index contributed by atoms with van der Waals surface area (Å²) >= 11 is 0. The Morgan fingerprint density at radius 2 is 2.19 bits per heavy atom. The van der Waals surface area contributed by atoms with Crippen molar-refractivity contribution in [1.29, 1.82) is 0 Å². The van der Waals surface area contributed by atoms with E-state index in [0.717, 1.165) is 25.9 Å². The molecule has 4 aliphatic rings. The monoisotopic (exact) mass is 353 g/mol. The zero-order chi connectivity index (χ0) is 17.8. The number of ether oxygens (including phenoxy) is 2. The maximum atomic E-state index is 12.3. The molecular formula is C21H25N2O3+. The number of carbonyl (C=O) groups is 1. The molecule has 5 nitrogen and oxygen atoms in total. The summed E-state index contributed by atoms with van der Waals surface area (Å²) in [6, 6.07) is 9.07. The second kappa shape index (κ2) is 5.96. The molecule has 1 fully saturated rings. The molecule has 136 valence electrons. The van der Waals surface area contributed by atoms with Crippen LogP contribution in [-0.4, -0.2) is 43.2 Å². The minimum atomic E-state index is -0.246. The maximum Gasteiger partial charge on any atom is 0.337 e. The lowest BCUT2D eigenvalue weighted by Gasteiger charge is -2.48. The van der Waals surface area contributed by atoms with Gasteiger partial charge in [-0.2, -0.15) is 0 Å². The number of methoxy groups -OCH3 is 1. The largest absolute Gasteiger partial charge is 0.497 e. The number of carbonyl (C=O) groups excluding carboxylic acids is 1. The van der Waals surface area contributed by atoms with Gasteiger partial charge in [0.2, 0.25) is 0 Å². The van der Waals surface area contributed by atoms with Gasteiger partial charge in [-0.25, -0.2) is 4.79 Å². The number of quaternary nitrogens is 1. The summed E-state index contributed by atoms with van der Waals surface area (Å²) in [6.45, 7) is 4.18. The fourth-order valence-electron chi connectivity index (χ4n) is 5.32. The number of piperidine rings is 1. The molecule has 3 unspecified atom stereocenters. The molecule has 1 saturated heterocycles. The number of nitrogens with zero attached hydrogens (tertiary/aromatic N) is 1. The van der Waals surface area contributed by atoms with Crippen molar-refractivity contribution in [1.82, 2.24) is 4.90 Å². The van der Waals surface area contributed by atoms with E-state index < -0.39 is 0 Å². The maximum absolute atomic E-state index is 12.3. The Labute approximate surface area is 153 Å².